The lowest BCUT2D eigenvalue weighted by Crippen LogP contribution is -2.11. The molecular weight excluding hydrogens is 228 g/mol. The van der Waals surface area contributed by atoms with E-state index < -0.39 is 0 Å². The number of carbonyl (C=O) groups excluding carboxylic acids is 3. The molecule has 0 fully saturated rings. The molecule has 0 amide bonds. The fraction of sp³-hybridized carbons (Fsp3) is 0.800. The number of hydrogen-bond acceptors (Lipinski definition) is 3. The van der Waals surface area contributed by atoms with Crippen LogP contribution in [0.25, 0.3) is 0 Å². The highest BCUT2D eigenvalue weighted by molar-refractivity contribution is 6.00. The lowest BCUT2D eigenvalue weighted by molar-refractivity contribution is -0.129. The average molecular weight is 254 g/mol. The second-order valence-electron chi connectivity index (χ2n) is 5.82. The first kappa shape index (κ1) is 17.0. The van der Waals surface area contributed by atoms with Crippen LogP contribution in [0.1, 0.15) is 66.2 Å². The summed E-state index contributed by atoms with van der Waals surface area (Å²) in [7, 11) is 0. The smallest absolute Gasteiger partial charge is 0.140 e. The standard InChI is InChI=1S/C15H26O3/c1-11(2)5-6-14(17)10-15(18)8-7-13(16)9-12(3)4/h11-12H,5-10H2,1-4H3. The molecule has 0 heterocycles. The summed E-state index contributed by atoms with van der Waals surface area (Å²) in [5, 5.41) is 0. The first-order chi connectivity index (χ1) is 8.31. The van der Waals surface area contributed by atoms with E-state index in [1.807, 2.05) is 13.8 Å². The zero-order chi connectivity index (χ0) is 14.1. The molecule has 0 saturated heterocycles. The summed E-state index contributed by atoms with van der Waals surface area (Å²) in [5.41, 5.74) is 0. The van der Waals surface area contributed by atoms with E-state index in [2.05, 4.69) is 13.8 Å². The van der Waals surface area contributed by atoms with Gasteiger partial charge in [0.25, 0.3) is 0 Å². The van der Waals surface area contributed by atoms with E-state index in [9.17, 15) is 14.4 Å². The molecule has 3 nitrogen and oxygen atoms in total. The van der Waals surface area contributed by atoms with Gasteiger partial charge in [-0.05, 0) is 18.3 Å². The Hall–Kier alpha value is -0.990. The van der Waals surface area contributed by atoms with Crippen molar-refractivity contribution in [2.75, 3.05) is 0 Å². The Morgan fingerprint density at radius 1 is 0.722 bits per heavy atom. The van der Waals surface area contributed by atoms with Crippen molar-refractivity contribution < 1.29 is 14.4 Å². The first-order valence-corrected chi connectivity index (χ1v) is 6.86. The van der Waals surface area contributed by atoms with Crippen molar-refractivity contribution in [3.63, 3.8) is 0 Å². The molecule has 104 valence electrons. The largest absolute Gasteiger partial charge is 0.300 e. The van der Waals surface area contributed by atoms with Gasteiger partial charge in [0.15, 0.2) is 0 Å². The van der Waals surface area contributed by atoms with Crippen LogP contribution in [-0.4, -0.2) is 17.3 Å². The minimum Gasteiger partial charge on any atom is -0.300 e. The van der Waals surface area contributed by atoms with Gasteiger partial charge in [-0.3, -0.25) is 14.4 Å². The van der Waals surface area contributed by atoms with Crippen molar-refractivity contribution in [2.45, 2.75) is 66.2 Å². The van der Waals surface area contributed by atoms with Crippen LogP contribution in [0.2, 0.25) is 0 Å². The van der Waals surface area contributed by atoms with E-state index in [-0.39, 0.29) is 36.6 Å². The Morgan fingerprint density at radius 3 is 1.72 bits per heavy atom. The molecule has 0 aromatic heterocycles. The van der Waals surface area contributed by atoms with Crippen molar-refractivity contribution >= 4 is 17.3 Å². The molecule has 0 aromatic carbocycles. The van der Waals surface area contributed by atoms with Crippen LogP contribution in [-0.2, 0) is 14.4 Å². The molecule has 3 heteroatoms. The normalized spacial score (nSPS) is 11.0. The fourth-order valence-corrected chi connectivity index (χ4v) is 1.68. The number of Topliss-reactive ketones (excluding diaryl/α,β-unsaturated/α-hetero) is 3. The third-order valence-corrected chi connectivity index (χ3v) is 2.71. The number of rotatable bonds is 10. The molecular formula is C15H26O3. The minimum atomic E-state index is -0.0964. The van der Waals surface area contributed by atoms with Crippen LogP contribution in [0, 0.1) is 11.8 Å². The summed E-state index contributed by atoms with van der Waals surface area (Å²) in [5.74, 6) is 0.843. The lowest BCUT2D eigenvalue weighted by atomic mass is 9.99. The number of ketones is 3. The zero-order valence-electron chi connectivity index (χ0n) is 12.1. The lowest BCUT2D eigenvalue weighted by Gasteiger charge is -2.04. The van der Waals surface area contributed by atoms with Gasteiger partial charge in [-0.15, -0.1) is 0 Å². The van der Waals surface area contributed by atoms with Gasteiger partial charge in [0.1, 0.15) is 17.3 Å². The maximum atomic E-state index is 11.5. The van der Waals surface area contributed by atoms with Gasteiger partial charge >= 0.3 is 0 Å². The highest BCUT2D eigenvalue weighted by atomic mass is 16.1. The molecule has 0 atom stereocenters. The molecule has 0 aliphatic rings. The van der Waals surface area contributed by atoms with Crippen molar-refractivity contribution in [1.82, 2.24) is 0 Å². The highest BCUT2D eigenvalue weighted by Crippen LogP contribution is 2.09. The van der Waals surface area contributed by atoms with E-state index >= 15 is 0 Å². The van der Waals surface area contributed by atoms with Crippen LogP contribution < -0.4 is 0 Å². The van der Waals surface area contributed by atoms with E-state index in [0.717, 1.165) is 6.42 Å². The summed E-state index contributed by atoms with van der Waals surface area (Å²) >= 11 is 0. The highest BCUT2D eigenvalue weighted by Gasteiger charge is 2.12. The third-order valence-electron chi connectivity index (χ3n) is 2.71. The second-order valence-corrected chi connectivity index (χ2v) is 5.82. The second kappa shape index (κ2) is 9.01. The van der Waals surface area contributed by atoms with Crippen molar-refractivity contribution in [3.8, 4) is 0 Å². The Morgan fingerprint density at radius 2 is 1.22 bits per heavy atom. The topological polar surface area (TPSA) is 51.2 Å². The van der Waals surface area contributed by atoms with Crippen LogP contribution in [0.15, 0.2) is 0 Å². The van der Waals surface area contributed by atoms with Crippen molar-refractivity contribution in [3.05, 3.63) is 0 Å². The summed E-state index contributed by atoms with van der Waals surface area (Å²) in [6, 6.07) is 0. The maximum Gasteiger partial charge on any atom is 0.140 e. The van der Waals surface area contributed by atoms with Gasteiger partial charge in [0, 0.05) is 25.7 Å². The van der Waals surface area contributed by atoms with Gasteiger partial charge in [0.2, 0.25) is 0 Å². The molecule has 0 unspecified atom stereocenters. The number of carbonyl (C=O) groups is 3. The van der Waals surface area contributed by atoms with Crippen LogP contribution in [0.4, 0.5) is 0 Å². The molecule has 0 N–H and O–H groups in total. The number of hydrogen-bond donors (Lipinski definition) is 0. The van der Waals surface area contributed by atoms with Crippen LogP contribution in [0.3, 0.4) is 0 Å². The van der Waals surface area contributed by atoms with E-state index in [4.69, 9.17) is 0 Å². The van der Waals surface area contributed by atoms with Crippen molar-refractivity contribution in [1.29, 1.82) is 0 Å². The van der Waals surface area contributed by atoms with Gasteiger partial charge in [0.05, 0.1) is 6.42 Å². The summed E-state index contributed by atoms with van der Waals surface area (Å²) in [6.45, 7) is 8.07. The molecule has 0 rings (SSSR count). The Labute approximate surface area is 110 Å². The molecule has 0 spiro atoms. The molecule has 0 bridgehead atoms. The van der Waals surface area contributed by atoms with Gasteiger partial charge < -0.3 is 0 Å². The third kappa shape index (κ3) is 10.2. The van der Waals surface area contributed by atoms with E-state index in [0.29, 0.717) is 24.7 Å². The Balaban J connectivity index is 3.77. The summed E-state index contributed by atoms with van der Waals surface area (Å²) in [6.07, 6.45) is 2.34. The SMILES string of the molecule is CC(C)CCC(=O)CC(=O)CCC(=O)CC(C)C. The predicted molar refractivity (Wildman–Crippen MR) is 72.4 cm³/mol. The summed E-state index contributed by atoms with van der Waals surface area (Å²) < 4.78 is 0. The van der Waals surface area contributed by atoms with E-state index in [1.54, 1.807) is 0 Å². The molecule has 0 radical (unpaired) electrons. The fourth-order valence-electron chi connectivity index (χ4n) is 1.68. The molecule has 18 heavy (non-hydrogen) atoms. The minimum absolute atomic E-state index is 0.00167. The van der Waals surface area contributed by atoms with Crippen molar-refractivity contribution in [2.24, 2.45) is 11.8 Å². The summed E-state index contributed by atoms with van der Waals surface area (Å²) in [4.78, 5) is 34.4. The van der Waals surface area contributed by atoms with E-state index in [1.165, 1.54) is 0 Å². The predicted octanol–water partition coefficient (Wildman–Crippen LogP) is 3.35. The molecule has 0 aliphatic carbocycles. The van der Waals surface area contributed by atoms with Crippen LogP contribution in [0.5, 0.6) is 0 Å². The molecule has 0 saturated carbocycles. The zero-order valence-corrected chi connectivity index (χ0v) is 12.1. The Bertz CT molecular complexity index is 290. The van der Waals surface area contributed by atoms with Gasteiger partial charge in [-0.2, -0.15) is 0 Å². The monoisotopic (exact) mass is 254 g/mol. The molecule has 0 aromatic rings. The first-order valence-electron chi connectivity index (χ1n) is 6.86. The van der Waals surface area contributed by atoms with Gasteiger partial charge in [-0.1, -0.05) is 27.7 Å². The van der Waals surface area contributed by atoms with Gasteiger partial charge in [-0.25, -0.2) is 0 Å². The quantitative estimate of drug-likeness (QED) is 0.562. The average Bonchev–Trinajstić information content (AvgIpc) is 2.22. The van der Waals surface area contributed by atoms with Crippen LogP contribution >= 0.6 is 0 Å². The Kier molecular flexibility index (Phi) is 8.51. The maximum absolute atomic E-state index is 11.5. The molecule has 0 aliphatic heterocycles.